The van der Waals surface area contributed by atoms with Crippen LogP contribution in [-0.2, 0) is 4.74 Å². The molecule has 1 saturated heterocycles. The van der Waals surface area contributed by atoms with Crippen molar-refractivity contribution >= 4 is 11.6 Å². The van der Waals surface area contributed by atoms with E-state index in [1.54, 1.807) is 12.2 Å². The predicted octanol–water partition coefficient (Wildman–Crippen LogP) is 3.64. The van der Waals surface area contributed by atoms with E-state index in [-0.39, 0.29) is 5.82 Å². The van der Waals surface area contributed by atoms with Crippen LogP contribution in [0.4, 0.5) is 4.39 Å². The minimum absolute atomic E-state index is 0.214. The van der Waals surface area contributed by atoms with Crippen LogP contribution in [0, 0.1) is 11.7 Å². The van der Waals surface area contributed by atoms with Crippen molar-refractivity contribution in [3.05, 3.63) is 71.4 Å². The van der Waals surface area contributed by atoms with Crippen molar-refractivity contribution in [2.45, 2.75) is 12.3 Å². The molecule has 0 radical (unpaired) electrons. The van der Waals surface area contributed by atoms with Gasteiger partial charge in [0.15, 0.2) is 0 Å². The summed E-state index contributed by atoms with van der Waals surface area (Å²) in [6, 6.07) is 6.70. The number of piperidine rings is 1. The molecule has 3 nitrogen and oxygen atoms in total. The first-order chi connectivity index (χ1) is 11.1. The number of allylic oxidation sites excluding steroid dienone is 3. The third-order valence-electron chi connectivity index (χ3n) is 3.99. The van der Waals surface area contributed by atoms with Crippen LogP contribution in [0.1, 0.15) is 17.9 Å². The lowest BCUT2D eigenvalue weighted by molar-refractivity contribution is 0.141. The van der Waals surface area contributed by atoms with Crippen molar-refractivity contribution < 1.29 is 9.13 Å². The van der Waals surface area contributed by atoms with E-state index < -0.39 is 0 Å². The van der Waals surface area contributed by atoms with E-state index in [0.29, 0.717) is 29.2 Å². The number of rotatable bonds is 6. The normalized spacial score (nSPS) is 22.3. The number of halogens is 2. The molecule has 1 heterocycles. The maximum Gasteiger partial charge on any atom is 0.123 e. The van der Waals surface area contributed by atoms with Crippen LogP contribution < -0.4 is 11.1 Å². The van der Waals surface area contributed by atoms with Crippen LogP contribution in [0.15, 0.2) is 60.0 Å². The van der Waals surface area contributed by atoms with Gasteiger partial charge in [-0.2, -0.15) is 0 Å². The van der Waals surface area contributed by atoms with Crippen LogP contribution in [0.5, 0.6) is 0 Å². The van der Waals surface area contributed by atoms with E-state index in [4.69, 9.17) is 22.1 Å². The molecule has 1 aliphatic rings. The number of ether oxygens (including phenoxy) is 1. The maximum absolute atomic E-state index is 13.1. The van der Waals surface area contributed by atoms with Gasteiger partial charge in [0.25, 0.3) is 0 Å². The molecule has 1 aromatic rings. The number of hydrogen-bond donors (Lipinski definition) is 2. The Balaban J connectivity index is 1.95. The van der Waals surface area contributed by atoms with Gasteiger partial charge in [-0.1, -0.05) is 30.3 Å². The third-order valence-corrected chi connectivity index (χ3v) is 4.25. The Bertz CT molecular complexity index is 583. The van der Waals surface area contributed by atoms with Crippen molar-refractivity contribution in [1.29, 1.82) is 0 Å². The molecule has 2 unspecified atom stereocenters. The minimum atomic E-state index is -0.214. The summed E-state index contributed by atoms with van der Waals surface area (Å²) in [6.07, 6.45) is 5.65. The molecular weight excluding hydrogens is 315 g/mol. The Hall–Kier alpha value is -1.78. The van der Waals surface area contributed by atoms with Gasteiger partial charge in [0, 0.05) is 24.6 Å². The zero-order chi connectivity index (χ0) is 16.7. The largest absolute Gasteiger partial charge is 0.494 e. The predicted molar refractivity (Wildman–Crippen MR) is 92.5 cm³/mol. The third kappa shape index (κ3) is 5.41. The summed E-state index contributed by atoms with van der Waals surface area (Å²) in [5.74, 6) is 0.982. The van der Waals surface area contributed by atoms with Gasteiger partial charge < -0.3 is 15.8 Å². The summed E-state index contributed by atoms with van der Waals surface area (Å²) >= 11 is 5.79. The van der Waals surface area contributed by atoms with Gasteiger partial charge in [-0.15, -0.1) is 0 Å². The topological polar surface area (TPSA) is 47.3 Å². The molecule has 1 aromatic carbocycles. The lowest BCUT2D eigenvalue weighted by Gasteiger charge is -2.32. The summed E-state index contributed by atoms with van der Waals surface area (Å²) in [6.45, 7) is 6.24. The molecule has 0 aliphatic carbocycles. The quantitative estimate of drug-likeness (QED) is 0.616. The van der Waals surface area contributed by atoms with Gasteiger partial charge in [0.05, 0.1) is 11.6 Å². The van der Waals surface area contributed by atoms with Gasteiger partial charge >= 0.3 is 0 Å². The molecule has 2 atom stereocenters. The SMILES string of the molecule is C=C(/C=C\C(Cl)=C/N)OCC1CCNCC1c1ccc(F)cc1. The standard InChI is InChI=1S/C18H22ClFN2O/c1-13(2-5-16(19)10-21)23-12-15-8-9-22-11-18(15)14-3-6-17(20)7-4-14/h2-7,10,15,18,22H,1,8-9,11-12,21H2/b5-2-,16-10+. The Morgan fingerprint density at radius 2 is 2.13 bits per heavy atom. The van der Waals surface area contributed by atoms with Crippen molar-refractivity contribution in [2.24, 2.45) is 11.7 Å². The van der Waals surface area contributed by atoms with E-state index in [1.165, 1.54) is 18.3 Å². The second-order valence-corrected chi connectivity index (χ2v) is 6.01. The van der Waals surface area contributed by atoms with Crippen molar-refractivity contribution in [2.75, 3.05) is 19.7 Å². The molecule has 0 amide bonds. The van der Waals surface area contributed by atoms with Crippen LogP contribution >= 0.6 is 11.6 Å². The van der Waals surface area contributed by atoms with E-state index in [9.17, 15) is 4.39 Å². The van der Waals surface area contributed by atoms with Crippen LogP contribution in [0.25, 0.3) is 0 Å². The summed E-state index contributed by atoms with van der Waals surface area (Å²) in [5.41, 5.74) is 6.42. The Labute approximate surface area is 141 Å². The Morgan fingerprint density at radius 3 is 2.83 bits per heavy atom. The molecular formula is C18H22ClFN2O. The van der Waals surface area contributed by atoms with Gasteiger partial charge in [0.2, 0.25) is 0 Å². The van der Waals surface area contributed by atoms with Gasteiger partial charge in [-0.3, -0.25) is 0 Å². The second kappa shape index (κ2) is 8.75. The summed E-state index contributed by atoms with van der Waals surface area (Å²) in [5, 5.41) is 3.82. The van der Waals surface area contributed by atoms with Crippen molar-refractivity contribution in [3.63, 3.8) is 0 Å². The number of hydrogen-bond acceptors (Lipinski definition) is 3. The smallest absolute Gasteiger partial charge is 0.123 e. The molecule has 1 fully saturated rings. The summed E-state index contributed by atoms with van der Waals surface area (Å²) in [7, 11) is 0. The zero-order valence-electron chi connectivity index (χ0n) is 13.0. The minimum Gasteiger partial charge on any atom is -0.494 e. The fourth-order valence-corrected chi connectivity index (χ4v) is 2.77. The molecule has 1 aliphatic heterocycles. The van der Waals surface area contributed by atoms with Crippen LogP contribution in [0.2, 0.25) is 0 Å². The fraction of sp³-hybridized carbons (Fsp3) is 0.333. The fourth-order valence-electron chi connectivity index (χ4n) is 2.70. The zero-order valence-corrected chi connectivity index (χ0v) is 13.7. The molecule has 0 aromatic heterocycles. The van der Waals surface area contributed by atoms with Crippen molar-refractivity contribution in [3.8, 4) is 0 Å². The first kappa shape index (κ1) is 17.6. The van der Waals surface area contributed by atoms with E-state index in [2.05, 4.69) is 11.9 Å². The highest BCUT2D eigenvalue weighted by atomic mass is 35.5. The highest BCUT2D eigenvalue weighted by molar-refractivity contribution is 6.31. The molecule has 23 heavy (non-hydrogen) atoms. The lowest BCUT2D eigenvalue weighted by atomic mass is 9.82. The van der Waals surface area contributed by atoms with E-state index in [0.717, 1.165) is 25.1 Å². The van der Waals surface area contributed by atoms with Crippen LogP contribution in [0.3, 0.4) is 0 Å². The van der Waals surface area contributed by atoms with E-state index >= 15 is 0 Å². The van der Waals surface area contributed by atoms with Crippen LogP contribution in [-0.4, -0.2) is 19.7 Å². The molecule has 2 rings (SSSR count). The van der Waals surface area contributed by atoms with Crippen molar-refractivity contribution in [1.82, 2.24) is 5.32 Å². The maximum atomic E-state index is 13.1. The number of benzene rings is 1. The number of nitrogens with two attached hydrogens (primary N) is 1. The second-order valence-electron chi connectivity index (χ2n) is 5.57. The average molecular weight is 337 g/mol. The molecule has 124 valence electrons. The van der Waals surface area contributed by atoms with Gasteiger partial charge in [-0.25, -0.2) is 4.39 Å². The Morgan fingerprint density at radius 1 is 1.39 bits per heavy atom. The van der Waals surface area contributed by atoms with E-state index in [1.807, 2.05) is 12.1 Å². The summed E-state index contributed by atoms with van der Waals surface area (Å²) < 4.78 is 18.8. The first-order valence-electron chi connectivity index (χ1n) is 7.63. The molecule has 0 bridgehead atoms. The first-order valence-corrected chi connectivity index (χ1v) is 8.01. The highest BCUT2D eigenvalue weighted by Gasteiger charge is 2.27. The average Bonchev–Trinajstić information content (AvgIpc) is 2.58. The molecule has 3 N–H and O–H groups in total. The lowest BCUT2D eigenvalue weighted by Crippen LogP contribution is -2.37. The summed E-state index contributed by atoms with van der Waals surface area (Å²) in [4.78, 5) is 0. The molecule has 0 saturated carbocycles. The monoisotopic (exact) mass is 336 g/mol. The van der Waals surface area contributed by atoms with Gasteiger partial charge in [0.1, 0.15) is 11.6 Å². The van der Waals surface area contributed by atoms with Gasteiger partial charge in [-0.05, 0) is 42.8 Å². The molecule has 0 spiro atoms. The molecule has 5 heteroatoms. The Kier molecular flexibility index (Phi) is 6.68. The number of nitrogens with one attached hydrogen (secondary N) is 1. The highest BCUT2D eigenvalue weighted by Crippen LogP contribution is 2.30.